The lowest BCUT2D eigenvalue weighted by atomic mass is 10.2. The molecule has 108 valence electrons. The van der Waals surface area contributed by atoms with Crippen LogP contribution in [0.2, 0.25) is 23.3 Å². The molecule has 0 saturated heterocycles. The number of ether oxygens (including phenoxy) is 1. The standard InChI is InChI=1S/C13H21ClINO2Si/c1-13(2,3)19(4,5)18-7-6-17-12-9-10(15)8-11(14)16-12/h8-9H,6-7H2,1-5H3. The monoisotopic (exact) mass is 413 g/mol. The van der Waals surface area contributed by atoms with E-state index in [0.717, 1.165) is 3.57 Å². The van der Waals surface area contributed by atoms with Gasteiger partial charge >= 0.3 is 0 Å². The fourth-order valence-electron chi connectivity index (χ4n) is 1.18. The summed E-state index contributed by atoms with van der Waals surface area (Å²) in [5, 5.41) is 0.670. The summed E-state index contributed by atoms with van der Waals surface area (Å²) in [6, 6.07) is 3.65. The fraction of sp³-hybridized carbons (Fsp3) is 0.615. The quantitative estimate of drug-likeness (QED) is 0.302. The lowest BCUT2D eigenvalue weighted by molar-refractivity contribution is 0.199. The molecule has 0 N–H and O–H groups in total. The molecule has 0 aromatic carbocycles. The van der Waals surface area contributed by atoms with Crippen molar-refractivity contribution in [2.24, 2.45) is 0 Å². The highest BCUT2D eigenvalue weighted by Gasteiger charge is 2.36. The third kappa shape index (κ3) is 5.57. The number of halogens is 2. The minimum Gasteiger partial charge on any atom is -0.475 e. The molecule has 19 heavy (non-hydrogen) atoms. The molecule has 0 atom stereocenters. The number of hydrogen-bond donors (Lipinski definition) is 0. The Morgan fingerprint density at radius 1 is 1.26 bits per heavy atom. The van der Waals surface area contributed by atoms with Crippen molar-refractivity contribution in [2.75, 3.05) is 13.2 Å². The van der Waals surface area contributed by atoms with E-state index < -0.39 is 8.32 Å². The van der Waals surface area contributed by atoms with Gasteiger partial charge in [-0.2, -0.15) is 0 Å². The van der Waals surface area contributed by atoms with Gasteiger partial charge in [-0.05, 0) is 46.8 Å². The van der Waals surface area contributed by atoms with E-state index in [0.29, 0.717) is 24.2 Å². The maximum atomic E-state index is 6.03. The molecule has 0 aliphatic carbocycles. The van der Waals surface area contributed by atoms with Crippen LogP contribution in [0.25, 0.3) is 0 Å². The Hall–Kier alpha value is 0.147. The highest BCUT2D eigenvalue weighted by molar-refractivity contribution is 14.1. The highest BCUT2D eigenvalue weighted by Crippen LogP contribution is 2.36. The van der Waals surface area contributed by atoms with E-state index in [1.165, 1.54) is 0 Å². The molecule has 0 bridgehead atoms. The van der Waals surface area contributed by atoms with Gasteiger partial charge in [0.1, 0.15) is 11.8 Å². The molecule has 1 rings (SSSR count). The summed E-state index contributed by atoms with van der Waals surface area (Å²) < 4.78 is 12.6. The predicted molar refractivity (Wildman–Crippen MR) is 90.6 cm³/mol. The first-order valence-electron chi connectivity index (χ1n) is 6.22. The largest absolute Gasteiger partial charge is 0.475 e. The normalized spacial score (nSPS) is 12.6. The van der Waals surface area contributed by atoms with Gasteiger partial charge in [0.05, 0.1) is 6.61 Å². The van der Waals surface area contributed by atoms with Gasteiger partial charge in [0.2, 0.25) is 5.88 Å². The van der Waals surface area contributed by atoms with Crippen LogP contribution < -0.4 is 4.74 Å². The number of hydrogen-bond acceptors (Lipinski definition) is 3. The fourth-order valence-corrected chi connectivity index (χ4v) is 3.15. The Labute approximate surface area is 135 Å². The summed E-state index contributed by atoms with van der Waals surface area (Å²) in [5.41, 5.74) is 0. The van der Waals surface area contributed by atoms with Crippen molar-refractivity contribution in [3.8, 4) is 5.88 Å². The molecule has 0 radical (unpaired) electrons. The molecule has 0 aliphatic heterocycles. The number of rotatable bonds is 5. The molecule has 0 unspecified atom stereocenters. The van der Waals surface area contributed by atoms with E-state index in [9.17, 15) is 0 Å². The van der Waals surface area contributed by atoms with Gasteiger partial charge in [0.25, 0.3) is 0 Å². The Kier molecular flexibility index (Phi) is 6.10. The van der Waals surface area contributed by atoms with Gasteiger partial charge in [0.15, 0.2) is 8.32 Å². The zero-order valence-corrected chi connectivity index (χ0v) is 16.0. The second-order valence-corrected chi connectivity index (χ2v) is 12.3. The SMILES string of the molecule is CC(C)(C)[Si](C)(C)OCCOc1cc(I)cc(Cl)n1. The van der Waals surface area contributed by atoms with Gasteiger partial charge < -0.3 is 9.16 Å². The van der Waals surface area contributed by atoms with Crippen molar-refractivity contribution in [1.82, 2.24) is 4.98 Å². The summed E-state index contributed by atoms with van der Waals surface area (Å²) in [7, 11) is -1.69. The molecule has 0 saturated carbocycles. The van der Waals surface area contributed by atoms with Crippen molar-refractivity contribution in [3.63, 3.8) is 0 Å². The summed E-state index contributed by atoms with van der Waals surface area (Å²) >= 11 is 8.06. The lowest BCUT2D eigenvalue weighted by Gasteiger charge is -2.36. The summed E-state index contributed by atoms with van der Waals surface area (Å²) in [6.45, 7) is 12.2. The van der Waals surface area contributed by atoms with Crippen LogP contribution in [-0.4, -0.2) is 26.5 Å². The average Bonchev–Trinajstić information content (AvgIpc) is 2.21. The first kappa shape index (κ1) is 17.2. The Morgan fingerprint density at radius 2 is 1.89 bits per heavy atom. The third-order valence-electron chi connectivity index (χ3n) is 3.34. The highest BCUT2D eigenvalue weighted by atomic mass is 127. The van der Waals surface area contributed by atoms with Crippen LogP contribution in [0.4, 0.5) is 0 Å². The first-order valence-corrected chi connectivity index (χ1v) is 10.6. The summed E-state index contributed by atoms with van der Waals surface area (Å²) in [5.74, 6) is 0.552. The van der Waals surface area contributed by atoms with E-state index >= 15 is 0 Å². The predicted octanol–water partition coefficient (Wildman–Crippen LogP) is 4.74. The van der Waals surface area contributed by atoms with E-state index in [4.69, 9.17) is 20.8 Å². The Balaban J connectivity index is 2.43. The van der Waals surface area contributed by atoms with Crippen LogP contribution in [0.5, 0.6) is 5.88 Å². The Morgan fingerprint density at radius 3 is 2.42 bits per heavy atom. The molecule has 1 aromatic rings. The van der Waals surface area contributed by atoms with Crippen LogP contribution in [0, 0.1) is 3.57 Å². The zero-order chi connectivity index (χ0) is 14.7. The van der Waals surface area contributed by atoms with Crippen molar-refractivity contribution < 1.29 is 9.16 Å². The first-order chi connectivity index (χ1) is 8.62. The molecule has 0 aliphatic rings. The summed E-state index contributed by atoms with van der Waals surface area (Å²) in [6.07, 6.45) is 0. The maximum Gasteiger partial charge on any atom is 0.215 e. The maximum absolute atomic E-state index is 6.03. The van der Waals surface area contributed by atoms with Gasteiger partial charge in [-0.3, -0.25) is 0 Å². The molecule has 0 amide bonds. The molecular formula is C13H21ClINO2Si. The van der Waals surface area contributed by atoms with E-state index in [1.807, 2.05) is 6.07 Å². The lowest BCUT2D eigenvalue weighted by Crippen LogP contribution is -2.41. The second kappa shape index (κ2) is 6.73. The van der Waals surface area contributed by atoms with E-state index in [1.54, 1.807) is 6.07 Å². The third-order valence-corrected chi connectivity index (χ3v) is 8.69. The van der Waals surface area contributed by atoms with Crippen LogP contribution >= 0.6 is 34.2 Å². The number of nitrogens with zero attached hydrogens (tertiary/aromatic N) is 1. The van der Waals surface area contributed by atoms with Crippen LogP contribution in [0.15, 0.2) is 12.1 Å². The number of pyridine rings is 1. The van der Waals surface area contributed by atoms with Gasteiger partial charge in [-0.25, -0.2) is 4.98 Å². The van der Waals surface area contributed by atoms with Crippen molar-refractivity contribution in [2.45, 2.75) is 38.9 Å². The second-order valence-electron chi connectivity index (χ2n) is 5.90. The molecule has 1 aromatic heterocycles. The zero-order valence-electron chi connectivity index (χ0n) is 12.1. The van der Waals surface area contributed by atoms with Crippen molar-refractivity contribution in [1.29, 1.82) is 0 Å². The molecular weight excluding hydrogens is 393 g/mol. The summed E-state index contributed by atoms with van der Waals surface area (Å²) in [4.78, 5) is 4.11. The molecule has 1 heterocycles. The van der Waals surface area contributed by atoms with E-state index in [2.05, 4.69) is 61.4 Å². The molecule has 6 heteroatoms. The Bertz CT molecular complexity index is 415. The average molecular weight is 414 g/mol. The smallest absolute Gasteiger partial charge is 0.215 e. The van der Waals surface area contributed by atoms with Crippen molar-refractivity contribution in [3.05, 3.63) is 20.9 Å². The topological polar surface area (TPSA) is 31.4 Å². The van der Waals surface area contributed by atoms with E-state index in [-0.39, 0.29) is 5.04 Å². The van der Waals surface area contributed by atoms with Crippen LogP contribution in [0.3, 0.4) is 0 Å². The molecule has 0 fully saturated rings. The molecule has 0 spiro atoms. The number of aromatic nitrogens is 1. The van der Waals surface area contributed by atoms with Gasteiger partial charge in [-0.15, -0.1) is 0 Å². The van der Waals surface area contributed by atoms with Gasteiger partial charge in [-0.1, -0.05) is 32.4 Å². The molecule has 3 nitrogen and oxygen atoms in total. The van der Waals surface area contributed by atoms with Crippen LogP contribution in [0.1, 0.15) is 20.8 Å². The minimum absolute atomic E-state index is 0.219. The minimum atomic E-state index is -1.69. The van der Waals surface area contributed by atoms with Crippen LogP contribution in [-0.2, 0) is 4.43 Å². The van der Waals surface area contributed by atoms with Crippen molar-refractivity contribution >= 4 is 42.5 Å². The van der Waals surface area contributed by atoms with Gasteiger partial charge in [0, 0.05) is 9.64 Å².